The van der Waals surface area contributed by atoms with Crippen molar-refractivity contribution in [1.29, 1.82) is 0 Å². The van der Waals surface area contributed by atoms with Gasteiger partial charge in [0.2, 0.25) is 0 Å². The number of sulfonamides is 1. The van der Waals surface area contributed by atoms with E-state index in [1.165, 1.54) is 23.8 Å². The van der Waals surface area contributed by atoms with E-state index in [1.807, 2.05) is 33.8 Å². The second kappa shape index (κ2) is 11.2. The largest absolute Gasteiger partial charge is 0.318 e. The highest BCUT2D eigenvalue weighted by atomic mass is 35.5. The van der Waals surface area contributed by atoms with Gasteiger partial charge in [0.25, 0.3) is 15.9 Å². The van der Waals surface area contributed by atoms with Gasteiger partial charge in [0.05, 0.1) is 16.8 Å². The van der Waals surface area contributed by atoms with Crippen LogP contribution in [0, 0.1) is 27.7 Å². The predicted octanol–water partition coefficient (Wildman–Crippen LogP) is 5.71. The fourth-order valence-corrected chi connectivity index (χ4v) is 5.73. The summed E-state index contributed by atoms with van der Waals surface area (Å²) < 4.78 is 30.1. The maximum atomic E-state index is 13.5. The minimum atomic E-state index is -4.04. The maximum absolute atomic E-state index is 13.5. The fourth-order valence-electron chi connectivity index (χ4n) is 4.12. The van der Waals surface area contributed by atoms with E-state index in [-0.39, 0.29) is 10.6 Å². The average Bonchev–Trinajstić information content (AvgIpc) is 3.18. The Hall–Kier alpha value is -3.88. The van der Waals surface area contributed by atoms with Crippen LogP contribution in [-0.2, 0) is 14.8 Å². The van der Waals surface area contributed by atoms with Gasteiger partial charge >= 0.3 is 0 Å². The van der Waals surface area contributed by atoms with Crippen molar-refractivity contribution < 1.29 is 13.2 Å². The summed E-state index contributed by atoms with van der Waals surface area (Å²) in [5, 5.41) is 4.51. The SMILES string of the molecule is Cc1ccc(-n2c(C)cc(/C=N\NC(=O)CN(c3ccc(C)c(Cl)c3)S(=O)(=O)c3ccccc3)c2C)cc1. The molecule has 0 aliphatic rings. The van der Waals surface area contributed by atoms with Gasteiger partial charge in [0.1, 0.15) is 6.54 Å². The number of aromatic nitrogens is 1. The monoisotopic (exact) mass is 548 g/mol. The second-order valence-corrected chi connectivity index (χ2v) is 11.3. The minimum Gasteiger partial charge on any atom is -0.318 e. The molecule has 0 saturated carbocycles. The molecule has 1 amide bonds. The van der Waals surface area contributed by atoms with E-state index in [2.05, 4.69) is 39.4 Å². The smallest absolute Gasteiger partial charge is 0.264 e. The molecule has 0 aliphatic carbocycles. The third-order valence-electron chi connectivity index (χ3n) is 6.22. The highest BCUT2D eigenvalue weighted by Gasteiger charge is 2.27. The lowest BCUT2D eigenvalue weighted by molar-refractivity contribution is -0.119. The molecule has 1 heterocycles. The zero-order valence-corrected chi connectivity index (χ0v) is 23.2. The van der Waals surface area contributed by atoms with Crippen LogP contribution in [0.15, 0.2) is 88.9 Å². The first kappa shape index (κ1) is 27.2. The molecule has 0 bridgehead atoms. The number of anilines is 1. The van der Waals surface area contributed by atoms with Crippen LogP contribution in [0.4, 0.5) is 5.69 Å². The van der Waals surface area contributed by atoms with E-state index >= 15 is 0 Å². The van der Waals surface area contributed by atoms with Gasteiger partial charge in [-0.3, -0.25) is 9.10 Å². The Morgan fingerprint density at radius 3 is 2.32 bits per heavy atom. The number of amides is 1. The highest BCUT2D eigenvalue weighted by molar-refractivity contribution is 7.92. The summed E-state index contributed by atoms with van der Waals surface area (Å²) in [6.45, 7) is 7.36. The molecule has 1 aromatic heterocycles. The van der Waals surface area contributed by atoms with Crippen molar-refractivity contribution in [2.24, 2.45) is 5.10 Å². The number of hydrogen-bond donors (Lipinski definition) is 1. The van der Waals surface area contributed by atoms with Crippen LogP contribution < -0.4 is 9.73 Å². The molecule has 196 valence electrons. The van der Waals surface area contributed by atoms with Crippen molar-refractivity contribution in [2.75, 3.05) is 10.8 Å². The first-order valence-electron chi connectivity index (χ1n) is 12.0. The first-order chi connectivity index (χ1) is 18.1. The molecule has 0 atom stereocenters. The quantitative estimate of drug-likeness (QED) is 0.226. The Balaban J connectivity index is 1.56. The van der Waals surface area contributed by atoms with Gasteiger partial charge in [-0.25, -0.2) is 13.8 Å². The normalized spacial score (nSPS) is 11.6. The van der Waals surface area contributed by atoms with Crippen LogP contribution >= 0.6 is 11.6 Å². The van der Waals surface area contributed by atoms with Crippen LogP contribution in [0.3, 0.4) is 0 Å². The van der Waals surface area contributed by atoms with Gasteiger partial charge in [-0.2, -0.15) is 5.10 Å². The van der Waals surface area contributed by atoms with Gasteiger partial charge < -0.3 is 4.57 Å². The fraction of sp³-hybridized carbons (Fsp3) is 0.172. The van der Waals surface area contributed by atoms with Crippen LogP contribution in [0.2, 0.25) is 5.02 Å². The Morgan fingerprint density at radius 2 is 1.66 bits per heavy atom. The molecule has 0 unspecified atom stereocenters. The highest BCUT2D eigenvalue weighted by Crippen LogP contribution is 2.28. The zero-order valence-electron chi connectivity index (χ0n) is 21.6. The van der Waals surface area contributed by atoms with Crippen molar-refractivity contribution in [2.45, 2.75) is 32.6 Å². The Labute approximate surface area is 228 Å². The topological polar surface area (TPSA) is 83.8 Å². The van der Waals surface area contributed by atoms with Crippen LogP contribution in [0.5, 0.6) is 0 Å². The maximum Gasteiger partial charge on any atom is 0.264 e. The van der Waals surface area contributed by atoms with Crippen LogP contribution in [0.25, 0.3) is 5.69 Å². The summed E-state index contributed by atoms with van der Waals surface area (Å²) in [7, 11) is -4.04. The Morgan fingerprint density at radius 1 is 0.974 bits per heavy atom. The molecule has 0 fully saturated rings. The van der Waals surface area contributed by atoms with Crippen molar-refractivity contribution in [3.8, 4) is 5.69 Å². The molecule has 7 nitrogen and oxygen atoms in total. The lowest BCUT2D eigenvalue weighted by Crippen LogP contribution is -2.39. The van der Waals surface area contributed by atoms with E-state index in [9.17, 15) is 13.2 Å². The van der Waals surface area contributed by atoms with Crippen molar-refractivity contribution >= 4 is 39.4 Å². The number of hydrazone groups is 1. The lowest BCUT2D eigenvalue weighted by Gasteiger charge is -2.24. The van der Waals surface area contributed by atoms with Crippen molar-refractivity contribution in [3.05, 3.63) is 112 Å². The van der Waals surface area contributed by atoms with Gasteiger partial charge in [-0.05, 0) is 75.7 Å². The van der Waals surface area contributed by atoms with Gasteiger partial charge in [0, 0.05) is 27.7 Å². The molecule has 1 N–H and O–H groups in total. The number of nitrogens with zero attached hydrogens (tertiary/aromatic N) is 3. The van der Waals surface area contributed by atoms with Gasteiger partial charge in [-0.1, -0.05) is 53.6 Å². The van der Waals surface area contributed by atoms with E-state index in [0.717, 1.165) is 32.5 Å². The molecular formula is C29H29ClN4O3S. The number of carbonyl (C=O) groups excluding carboxylic acids is 1. The number of benzene rings is 3. The van der Waals surface area contributed by atoms with E-state index in [1.54, 1.807) is 36.5 Å². The number of hydrogen-bond acceptors (Lipinski definition) is 4. The van der Waals surface area contributed by atoms with E-state index in [0.29, 0.717) is 5.02 Å². The molecule has 0 radical (unpaired) electrons. The van der Waals surface area contributed by atoms with Gasteiger partial charge in [0.15, 0.2) is 0 Å². The summed E-state index contributed by atoms with van der Waals surface area (Å²) in [4.78, 5) is 13.0. The molecule has 3 aromatic carbocycles. The predicted molar refractivity (Wildman–Crippen MR) is 153 cm³/mol. The molecule has 9 heteroatoms. The first-order valence-corrected chi connectivity index (χ1v) is 13.8. The summed E-state index contributed by atoms with van der Waals surface area (Å²) in [6.07, 6.45) is 1.56. The molecule has 0 saturated heterocycles. The Kier molecular flexibility index (Phi) is 8.04. The van der Waals surface area contributed by atoms with Crippen LogP contribution in [0.1, 0.15) is 28.1 Å². The number of nitrogens with one attached hydrogen (secondary N) is 1. The third-order valence-corrected chi connectivity index (χ3v) is 8.41. The average molecular weight is 549 g/mol. The third kappa shape index (κ3) is 5.82. The molecule has 4 rings (SSSR count). The summed E-state index contributed by atoms with van der Waals surface area (Å²) in [5.41, 5.74) is 8.58. The number of carbonyl (C=O) groups is 1. The molecular weight excluding hydrogens is 520 g/mol. The summed E-state index contributed by atoms with van der Waals surface area (Å²) in [5.74, 6) is -0.593. The van der Waals surface area contributed by atoms with Gasteiger partial charge in [-0.15, -0.1) is 0 Å². The standard InChI is InChI=1S/C29H29ClN4O3S/c1-20-10-13-25(14-11-20)34-22(3)16-24(23(34)4)18-31-32-29(35)19-33(26-15-12-21(2)28(30)17-26)38(36,37)27-8-6-5-7-9-27/h5-18H,19H2,1-4H3,(H,32,35)/b31-18-. The molecule has 0 aliphatic heterocycles. The summed E-state index contributed by atoms with van der Waals surface area (Å²) in [6, 6.07) is 23.0. The number of halogens is 1. The molecule has 4 aromatic rings. The molecule has 38 heavy (non-hydrogen) atoms. The van der Waals surface area contributed by atoms with Crippen LogP contribution in [-0.4, -0.2) is 31.7 Å². The van der Waals surface area contributed by atoms with Crippen molar-refractivity contribution in [1.82, 2.24) is 9.99 Å². The number of rotatable bonds is 8. The van der Waals surface area contributed by atoms with E-state index in [4.69, 9.17) is 11.6 Å². The van der Waals surface area contributed by atoms with Crippen molar-refractivity contribution in [3.63, 3.8) is 0 Å². The molecule has 0 spiro atoms. The number of aryl methyl sites for hydroxylation is 3. The Bertz CT molecular complexity index is 1600. The second-order valence-electron chi connectivity index (χ2n) is 9.05. The van der Waals surface area contributed by atoms with E-state index < -0.39 is 22.5 Å². The lowest BCUT2D eigenvalue weighted by atomic mass is 10.2. The zero-order chi connectivity index (χ0) is 27.4. The minimum absolute atomic E-state index is 0.0662. The summed E-state index contributed by atoms with van der Waals surface area (Å²) >= 11 is 6.28.